The molecule has 0 saturated heterocycles. The lowest BCUT2D eigenvalue weighted by Gasteiger charge is -2.10. The molecular weight excluding hydrogens is 356 g/mol. The third kappa shape index (κ3) is 4.67. The highest BCUT2D eigenvalue weighted by atomic mass is 32.2. The molecule has 5 nitrogen and oxygen atoms in total. The van der Waals surface area contributed by atoms with Crippen LogP contribution in [0, 0.1) is 0 Å². The molecule has 1 aromatic carbocycles. The molecular formula is C18H22N2O3S2. The number of amides is 1. The first kappa shape index (κ1) is 18.1. The SMILES string of the molecule is COc1ccc(-c2nc(CSC(C)C(=O)NC3CC3)cs2)cc1OC. The summed E-state index contributed by atoms with van der Waals surface area (Å²) in [6, 6.07) is 6.20. The van der Waals surface area contributed by atoms with Crippen LogP contribution < -0.4 is 14.8 Å². The average Bonchev–Trinajstić information content (AvgIpc) is 3.32. The van der Waals surface area contributed by atoms with Crippen LogP contribution in [0.1, 0.15) is 25.5 Å². The van der Waals surface area contributed by atoms with E-state index in [4.69, 9.17) is 9.47 Å². The summed E-state index contributed by atoms with van der Waals surface area (Å²) in [4.78, 5) is 16.7. The molecule has 3 rings (SSSR count). The first-order valence-corrected chi connectivity index (χ1v) is 10.1. The Kier molecular flexibility index (Phi) is 5.86. The molecule has 0 spiro atoms. The van der Waals surface area contributed by atoms with E-state index < -0.39 is 0 Å². The summed E-state index contributed by atoms with van der Waals surface area (Å²) in [5.41, 5.74) is 1.99. The van der Waals surface area contributed by atoms with E-state index >= 15 is 0 Å². The van der Waals surface area contributed by atoms with Gasteiger partial charge < -0.3 is 14.8 Å². The van der Waals surface area contributed by atoms with E-state index in [9.17, 15) is 4.79 Å². The fourth-order valence-electron chi connectivity index (χ4n) is 2.31. The van der Waals surface area contributed by atoms with Gasteiger partial charge in [0.05, 0.1) is 25.2 Å². The first-order chi connectivity index (χ1) is 12.1. The van der Waals surface area contributed by atoms with Gasteiger partial charge >= 0.3 is 0 Å². The summed E-state index contributed by atoms with van der Waals surface area (Å²) in [7, 11) is 3.25. The van der Waals surface area contributed by atoms with Crippen molar-refractivity contribution in [3.63, 3.8) is 0 Å². The van der Waals surface area contributed by atoms with Gasteiger partial charge in [0.1, 0.15) is 5.01 Å². The molecule has 134 valence electrons. The number of aromatic nitrogens is 1. The maximum absolute atomic E-state index is 12.0. The van der Waals surface area contributed by atoms with Crippen LogP contribution in [-0.2, 0) is 10.5 Å². The Balaban J connectivity index is 1.61. The lowest BCUT2D eigenvalue weighted by molar-refractivity contribution is -0.120. The smallest absolute Gasteiger partial charge is 0.233 e. The summed E-state index contributed by atoms with van der Waals surface area (Å²) >= 11 is 3.21. The van der Waals surface area contributed by atoms with Gasteiger partial charge in [-0.25, -0.2) is 4.98 Å². The lowest BCUT2D eigenvalue weighted by atomic mass is 10.2. The number of nitrogens with one attached hydrogen (secondary N) is 1. The second-order valence-corrected chi connectivity index (χ2v) is 8.14. The molecule has 0 bridgehead atoms. The predicted octanol–water partition coefficient (Wildman–Crippen LogP) is 3.73. The van der Waals surface area contributed by atoms with Crippen LogP contribution in [0.3, 0.4) is 0 Å². The topological polar surface area (TPSA) is 60.5 Å². The zero-order valence-corrected chi connectivity index (χ0v) is 16.2. The molecule has 0 radical (unpaired) electrons. The van der Waals surface area contributed by atoms with Crippen molar-refractivity contribution in [1.82, 2.24) is 10.3 Å². The molecule has 1 aliphatic carbocycles. The van der Waals surface area contributed by atoms with E-state index in [1.807, 2.05) is 30.5 Å². The van der Waals surface area contributed by atoms with Crippen molar-refractivity contribution < 1.29 is 14.3 Å². The molecule has 1 N–H and O–H groups in total. The number of rotatable bonds is 8. The quantitative estimate of drug-likeness (QED) is 0.758. The van der Waals surface area contributed by atoms with Crippen molar-refractivity contribution in [2.75, 3.05) is 14.2 Å². The third-order valence-corrected chi connectivity index (χ3v) is 6.07. The van der Waals surface area contributed by atoms with E-state index in [2.05, 4.69) is 10.3 Å². The number of nitrogens with zero attached hydrogens (tertiary/aromatic N) is 1. The minimum Gasteiger partial charge on any atom is -0.493 e. The van der Waals surface area contributed by atoms with Crippen molar-refractivity contribution in [2.45, 2.75) is 36.8 Å². The number of thiazole rings is 1. The van der Waals surface area contributed by atoms with E-state index in [0.717, 1.165) is 34.9 Å². The molecule has 0 aliphatic heterocycles. The van der Waals surface area contributed by atoms with Crippen LogP contribution in [0.4, 0.5) is 0 Å². The Hall–Kier alpha value is -1.73. The van der Waals surface area contributed by atoms with Gasteiger partial charge in [-0.15, -0.1) is 23.1 Å². The van der Waals surface area contributed by atoms with Crippen LogP contribution in [0.5, 0.6) is 11.5 Å². The van der Waals surface area contributed by atoms with Crippen molar-refractivity contribution in [2.24, 2.45) is 0 Å². The number of thioether (sulfide) groups is 1. The van der Waals surface area contributed by atoms with Crippen LogP contribution in [0.2, 0.25) is 0 Å². The number of hydrogen-bond acceptors (Lipinski definition) is 6. The predicted molar refractivity (Wildman–Crippen MR) is 103 cm³/mol. The highest BCUT2D eigenvalue weighted by Crippen LogP contribution is 2.34. The van der Waals surface area contributed by atoms with E-state index in [1.165, 1.54) is 0 Å². The summed E-state index contributed by atoms with van der Waals surface area (Å²) < 4.78 is 10.6. The standard InChI is InChI=1S/C18H22N2O3S2/c1-11(17(21)19-13-5-6-13)24-9-14-10-25-18(20-14)12-4-7-15(22-2)16(8-12)23-3/h4,7-8,10-11,13H,5-6,9H2,1-3H3,(H,19,21). The van der Waals surface area contributed by atoms with Crippen molar-refractivity contribution >= 4 is 29.0 Å². The third-order valence-electron chi connectivity index (χ3n) is 3.96. The summed E-state index contributed by atoms with van der Waals surface area (Å²) in [5.74, 6) is 2.25. The van der Waals surface area contributed by atoms with Crippen LogP contribution >= 0.6 is 23.1 Å². The Morgan fingerprint density at radius 3 is 2.80 bits per heavy atom. The number of carbonyl (C=O) groups is 1. The molecule has 1 aliphatic rings. The van der Waals surface area contributed by atoms with Gasteiger partial charge in [0.15, 0.2) is 11.5 Å². The zero-order chi connectivity index (χ0) is 17.8. The highest BCUT2D eigenvalue weighted by molar-refractivity contribution is 7.99. The van der Waals surface area contributed by atoms with Crippen LogP contribution in [0.25, 0.3) is 10.6 Å². The maximum atomic E-state index is 12.0. The Labute approximate surface area is 156 Å². The lowest BCUT2D eigenvalue weighted by Crippen LogP contribution is -2.32. The Bertz CT molecular complexity index is 744. The largest absolute Gasteiger partial charge is 0.493 e. The fraction of sp³-hybridized carbons (Fsp3) is 0.444. The molecule has 25 heavy (non-hydrogen) atoms. The Morgan fingerprint density at radius 1 is 1.36 bits per heavy atom. The fourth-order valence-corrected chi connectivity index (χ4v) is 4.02. The summed E-state index contributed by atoms with van der Waals surface area (Å²) in [6.45, 7) is 1.95. The van der Waals surface area contributed by atoms with Gasteiger partial charge in [-0.2, -0.15) is 0 Å². The van der Waals surface area contributed by atoms with Gasteiger partial charge in [0.25, 0.3) is 0 Å². The summed E-state index contributed by atoms with van der Waals surface area (Å²) in [6.07, 6.45) is 2.23. The van der Waals surface area contributed by atoms with Gasteiger partial charge in [0, 0.05) is 22.7 Å². The molecule has 2 aromatic rings. The van der Waals surface area contributed by atoms with E-state index in [-0.39, 0.29) is 11.2 Å². The Morgan fingerprint density at radius 2 is 2.12 bits per heavy atom. The number of benzene rings is 1. The monoisotopic (exact) mass is 378 g/mol. The average molecular weight is 379 g/mol. The van der Waals surface area contributed by atoms with Gasteiger partial charge in [-0.05, 0) is 38.0 Å². The van der Waals surface area contributed by atoms with Crippen LogP contribution in [-0.4, -0.2) is 36.4 Å². The molecule has 1 fully saturated rings. The molecule has 1 aromatic heterocycles. The van der Waals surface area contributed by atoms with Gasteiger partial charge in [-0.1, -0.05) is 0 Å². The van der Waals surface area contributed by atoms with E-state index in [0.29, 0.717) is 17.5 Å². The van der Waals surface area contributed by atoms with Gasteiger partial charge in [0.2, 0.25) is 5.91 Å². The van der Waals surface area contributed by atoms with E-state index in [1.54, 1.807) is 37.3 Å². The minimum absolute atomic E-state index is 0.0631. The summed E-state index contributed by atoms with van der Waals surface area (Å²) in [5, 5.41) is 5.96. The van der Waals surface area contributed by atoms with Crippen molar-refractivity contribution in [3.05, 3.63) is 29.3 Å². The van der Waals surface area contributed by atoms with Crippen molar-refractivity contribution in [1.29, 1.82) is 0 Å². The molecule has 1 atom stereocenters. The zero-order valence-electron chi connectivity index (χ0n) is 14.6. The number of carbonyl (C=O) groups excluding carboxylic acids is 1. The van der Waals surface area contributed by atoms with Crippen LogP contribution in [0.15, 0.2) is 23.6 Å². The molecule has 1 heterocycles. The maximum Gasteiger partial charge on any atom is 0.233 e. The first-order valence-electron chi connectivity index (χ1n) is 8.19. The molecule has 7 heteroatoms. The molecule has 1 saturated carbocycles. The second kappa shape index (κ2) is 8.10. The van der Waals surface area contributed by atoms with Gasteiger partial charge in [-0.3, -0.25) is 4.79 Å². The molecule has 1 unspecified atom stereocenters. The number of methoxy groups -OCH3 is 2. The molecule has 1 amide bonds. The van der Waals surface area contributed by atoms with Crippen molar-refractivity contribution in [3.8, 4) is 22.1 Å². The highest BCUT2D eigenvalue weighted by Gasteiger charge is 2.25. The minimum atomic E-state index is -0.0631. The number of hydrogen-bond donors (Lipinski definition) is 1. The number of ether oxygens (including phenoxy) is 2. The second-order valence-electron chi connectivity index (χ2n) is 5.95. The normalized spacial score (nSPS) is 14.8.